The summed E-state index contributed by atoms with van der Waals surface area (Å²) in [5, 5.41) is 3.51. The Morgan fingerprint density at radius 1 is 1.17 bits per heavy atom. The van der Waals surface area contributed by atoms with E-state index in [0.29, 0.717) is 23.5 Å². The van der Waals surface area contributed by atoms with Crippen LogP contribution in [0.4, 0.5) is 5.69 Å². The standard InChI is InChI=1S/C31H41N3O6S/c1-19-11-12-26-30(4,15-13-27(40-21(3)36)31(26,5)18-39-20(2)35)24(19)17-25(23-14-16-38-28(23)37)33-34-29(41)32-22-9-7-6-8-10-22/h6-10,14,24-27,33H,1,11-13,15-18H2,2-5H3,(H2,32,34,41)/t24-,25+,26+,27-,30+,31+/m1/s1. The van der Waals surface area contributed by atoms with Gasteiger partial charge in [0.2, 0.25) is 0 Å². The molecule has 0 spiro atoms. The van der Waals surface area contributed by atoms with Gasteiger partial charge in [0.15, 0.2) is 5.11 Å². The number of hydrogen-bond donors (Lipinski definition) is 3. The number of rotatable bonds is 9. The molecule has 4 rings (SSSR count). The van der Waals surface area contributed by atoms with Crippen LogP contribution in [0.15, 0.2) is 54.1 Å². The maximum absolute atomic E-state index is 12.7. The number of benzene rings is 1. The van der Waals surface area contributed by atoms with Crippen LogP contribution in [-0.2, 0) is 28.6 Å². The molecule has 9 nitrogen and oxygen atoms in total. The number of nitrogens with one attached hydrogen (secondary N) is 3. The van der Waals surface area contributed by atoms with Crippen molar-refractivity contribution in [2.45, 2.75) is 71.9 Å². The van der Waals surface area contributed by atoms with E-state index in [1.54, 1.807) is 0 Å². The lowest BCUT2D eigenvalue weighted by molar-refractivity contribution is -0.192. The van der Waals surface area contributed by atoms with E-state index < -0.39 is 11.5 Å². The van der Waals surface area contributed by atoms with E-state index in [9.17, 15) is 14.4 Å². The molecule has 0 saturated heterocycles. The molecule has 3 N–H and O–H groups in total. The minimum absolute atomic E-state index is 0.0282. The predicted octanol–water partition coefficient (Wildman–Crippen LogP) is 4.60. The SMILES string of the molecule is C=C1CC[C@@H]2[C@](C)(COC(C)=O)[C@H](OC(C)=O)CC[C@@]2(C)[C@@H]1C[C@H](NNC(=S)Nc1ccccc1)C1=CCOC1=O. The van der Waals surface area contributed by atoms with E-state index in [1.807, 2.05) is 36.4 Å². The van der Waals surface area contributed by atoms with E-state index in [4.69, 9.17) is 26.4 Å². The van der Waals surface area contributed by atoms with Gasteiger partial charge in [0, 0.05) is 24.9 Å². The number of fused-ring (bicyclic) bond motifs is 1. The van der Waals surface area contributed by atoms with Crippen LogP contribution < -0.4 is 16.2 Å². The normalized spacial score (nSPS) is 29.9. The molecular formula is C31H41N3O6S. The molecule has 2 saturated carbocycles. The highest BCUT2D eigenvalue weighted by Crippen LogP contribution is 2.62. The second-order valence-corrected chi connectivity index (χ2v) is 12.3. The van der Waals surface area contributed by atoms with Gasteiger partial charge in [0.25, 0.3) is 0 Å². The summed E-state index contributed by atoms with van der Waals surface area (Å²) in [4.78, 5) is 36.6. The molecule has 2 fully saturated rings. The molecule has 6 atom stereocenters. The molecule has 1 aliphatic heterocycles. The average Bonchev–Trinajstić information content (AvgIpc) is 3.34. The number of carbonyl (C=O) groups excluding carboxylic acids is 3. The largest absolute Gasteiger partial charge is 0.465 e. The molecule has 2 aliphatic carbocycles. The van der Waals surface area contributed by atoms with Gasteiger partial charge in [-0.3, -0.25) is 15.0 Å². The highest BCUT2D eigenvalue weighted by Gasteiger charge is 2.60. The molecule has 222 valence electrons. The van der Waals surface area contributed by atoms with Gasteiger partial charge in [-0.25, -0.2) is 10.2 Å². The third-order valence-electron chi connectivity index (χ3n) is 9.20. The van der Waals surface area contributed by atoms with Crippen LogP contribution in [0.3, 0.4) is 0 Å². The van der Waals surface area contributed by atoms with E-state index >= 15 is 0 Å². The Bertz CT molecular complexity index is 1220. The van der Waals surface area contributed by atoms with E-state index in [2.05, 4.69) is 36.6 Å². The van der Waals surface area contributed by atoms with Crippen molar-refractivity contribution in [2.75, 3.05) is 18.5 Å². The third kappa shape index (κ3) is 6.81. The molecule has 1 heterocycles. The molecule has 0 aromatic heterocycles. The monoisotopic (exact) mass is 583 g/mol. The van der Waals surface area contributed by atoms with Crippen LogP contribution in [-0.4, -0.2) is 48.4 Å². The van der Waals surface area contributed by atoms with E-state index in [-0.39, 0.29) is 54.5 Å². The smallest absolute Gasteiger partial charge is 0.335 e. The van der Waals surface area contributed by atoms with Gasteiger partial charge >= 0.3 is 17.9 Å². The number of cyclic esters (lactones) is 1. The first kappa shape index (κ1) is 30.7. The molecule has 41 heavy (non-hydrogen) atoms. The molecule has 1 aromatic rings. The number of esters is 3. The average molecular weight is 584 g/mol. The van der Waals surface area contributed by atoms with Crippen LogP contribution in [0, 0.1) is 22.7 Å². The van der Waals surface area contributed by atoms with Crippen molar-refractivity contribution in [1.82, 2.24) is 10.9 Å². The number of hydrogen-bond acceptors (Lipinski definition) is 8. The van der Waals surface area contributed by atoms with Crippen molar-refractivity contribution < 1.29 is 28.6 Å². The summed E-state index contributed by atoms with van der Waals surface area (Å²) >= 11 is 5.51. The minimum Gasteiger partial charge on any atom is -0.465 e. The Hall–Kier alpha value is -3.24. The third-order valence-corrected chi connectivity index (χ3v) is 9.41. The number of allylic oxidation sites excluding steroid dienone is 1. The van der Waals surface area contributed by atoms with Crippen LogP contribution in [0.1, 0.15) is 59.8 Å². The fourth-order valence-corrected chi connectivity index (χ4v) is 7.42. The fraction of sp³-hybridized carbons (Fsp3) is 0.548. The summed E-state index contributed by atoms with van der Waals surface area (Å²) in [6.45, 7) is 12.0. The second kappa shape index (κ2) is 12.7. The van der Waals surface area contributed by atoms with Crippen LogP contribution in [0.5, 0.6) is 0 Å². The Morgan fingerprint density at radius 2 is 1.90 bits per heavy atom. The highest BCUT2D eigenvalue weighted by atomic mass is 32.1. The number of carbonyl (C=O) groups is 3. The van der Waals surface area contributed by atoms with Gasteiger partial charge in [-0.15, -0.1) is 0 Å². The Labute approximate surface area is 247 Å². The van der Waals surface area contributed by atoms with Crippen molar-refractivity contribution in [3.05, 3.63) is 54.1 Å². The molecular weight excluding hydrogens is 542 g/mol. The van der Waals surface area contributed by atoms with Crippen molar-refractivity contribution in [3.8, 4) is 0 Å². The number of thiocarbonyl (C=S) groups is 1. The Morgan fingerprint density at radius 3 is 2.54 bits per heavy atom. The molecule has 3 aliphatic rings. The molecule has 0 unspecified atom stereocenters. The zero-order valence-electron chi connectivity index (χ0n) is 24.3. The van der Waals surface area contributed by atoms with Crippen LogP contribution in [0.2, 0.25) is 0 Å². The van der Waals surface area contributed by atoms with Gasteiger partial charge in [-0.05, 0) is 79.8 Å². The van der Waals surface area contributed by atoms with E-state index in [0.717, 1.165) is 30.5 Å². The molecule has 10 heteroatoms. The maximum atomic E-state index is 12.7. The van der Waals surface area contributed by atoms with Crippen LogP contribution >= 0.6 is 12.2 Å². The lowest BCUT2D eigenvalue weighted by atomic mass is 9.46. The first-order valence-electron chi connectivity index (χ1n) is 14.2. The summed E-state index contributed by atoms with van der Waals surface area (Å²) in [5.74, 6) is -0.944. The Kier molecular flexibility index (Phi) is 9.54. The lowest BCUT2D eigenvalue weighted by Gasteiger charge is -2.60. The summed E-state index contributed by atoms with van der Waals surface area (Å²) in [6.07, 6.45) is 5.08. The topological polar surface area (TPSA) is 115 Å². The number of hydrazine groups is 1. The van der Waals surface area contributed by atoms with Crippen molar-refractivity contribution in [3.63, 3.8) is 0 Å². The summed E-state index contributed by atoms with van der Waals surface area (Å²) in [6, 6.07) is 9.18. The van der Waals surface area contributed by atoms with Crippen molar-refractivity contribution in [1.29, 1.82) is 0 Å². The minimum atomic E-state index is -0.572. The number of para-hydroxylation sites is 1. The van der Waals surface area contributed by atoms with Gasteiger partial charge in [0.05, 0.1) is 11.6 Å². The highest BCUT2D eigenvalue weighted by molar-refractivity contribution is 7.80. The van der Waals surface area contributed by atoms with Gasteiger partial charge in [-0.2, -0.15) is 0 Å². The quantitative estimate of drug-likeness (QED) is 0.125. The maximum Gasteiger partial charge on any atom is 0.335 e. The Balaban J connectivity index is 1.58. The zero-order valence-corrected chi connectivity index (χ0v) is 25.1. The number of ether oxygens (including phenoxy) is 3. The van der Waals surface area contributed by atoms with E-state index in [1.165, 1.54) is 13.8 Å². The lowest BCUT2D eigenvalue weighted by Crippen LogP contribution is -2.59. The number of anilines is 1. The van der Waals surface area contributed by atoms with Crippen LogP contribution in [0.25, 0.3) is 0 Å². The zero-order chi connectivity index (χ0) is 29.8. The molecule has 0 bridgehead atoms. The predicted molar refractivity (Wildman–Crippen MR) is 159 cm³/mol. The fourth-order valence-electron chi connectivity index (χ4n) is 7.25. The molecule has 0 radical (unpaired) electrons. The molecule has 0 amide bonds. The first-order valence-corrected chi connectivity index (χ1v) is 14.6. The van der Waals surface area contributed by atoms with Crippen molar-refractivity contribution in [2.24, 2.45) is 22.7 Å². The van der Waals surface area contributed by atoms with Gasteiger partial charge in [-0.1, -0.05) is 44.2 Å². The second-order valence-electron chi connectivity index (χ2n) is 11.9. The summed E-state index contributed by atoms with van der Waals surface area (Å²) in [5.41, 5.74) is 8.06. The molecule has 1 aromatic carbocycles. The first-order chi connectivity index (χ1) is 19.4. The summed E-state index contributed by atoms with van der Waals surface area (Å²) < 4.78 is 16.7. The van der Waals surface area contributed by atoms with Gasteiger partial charge in [0.1, 0.15) is 19.3 Å². The van der Waals surface area contributed by atoms with Gasteiger partial charge < -0.3 is 19.5 Å². The van der Waals surface area contributed by atoms with Crippen molar-refractivity contribution >= 4 is 40.9 Å². The summed E-state index contributed by atoms with van der Waals surface area (Å²) in [7, 11) is 0.